The predicted octanol–water partition coefficient (Wildman–Crippen LogP) is 1.53. The van der Waals surface area contributed by atoms with Crippen molar-refractivity contribution < 1.29 is 9.59 Å². The number of carbonyl (C=O) groups excluding carboxylic acids is 2. The number of imide groups is 1. The smallest absolute Gasteiger partial charge is 0.322 e. The summed E-state index contributed by atoms with van der Waals surface area (Å²) < 4.78 is 0. The molecule has 0 unspecified atom stereocenters. The van der Waals surface area contributed by atoms with E-state index in [4.69, 9.17) is 0 Å². The summed E-state index contributed by atoms with van der Waals surface area (Å²) in [5.74, 6) is -0.0796. The number of nitrogens with one attached hydrogen (secondary N) is 2. The van der Waals surface area contributed by atoms with Gasteiger partial charge in [-0.25, -0.2) is 4.79 Å². The second-order valence-corrected chi connectivity index (χ2v) is 4.74. The van der Waals surface area contributed by atoms with Gasteiger partial charge in [-0.15, -0.1) is 0 Å². The Morgan fingerprint density at radius 1 is 1.18 bits per heavy atom. The van der Waals surface area contributed by atoms with Crippen molar-refractivity contribution in [3.63, 3.8) is 0 Å². The fourth-order valence-electron chi connectivity index (χ4n) is 3.07. The van der Waals surface area contributed by atoms with Crippen molar-refractivity contribution in [3.8, 4) is 0 Å². The number of hydrogen-bond donors (Lipinski definition) is 2. The van der Waals surface area contributed by atoms with Crippen LogP contribution in [0.1, 0.15) is 30.7 Å². The molecule has 2 fully saturated rings. The van der Waals surface area contributed by atoms with Gasteiger partial charge in [-0.05, 0) is 24.8 Å². The lowest BCUT2D eigenvalue weighted by atomic mass is 9.82. The van der Waals surface area contributed by atoms with Gasteiger partial charge in [0.15, 0.2) is 0 Å². The molecule has 1 saturated carbocycles. The fourth-order valence-corrected chi connectivity index (χ4v) is 3.07. The normalized spacial score (nSPS) is 31.6. The Labute approximate surface area is 99.4 Å². The van der Waals surface area contributed by atoms with Gasteiger partial charge >= 0.3 is 6.03 Å². The molecule has 1 aliphatic heterocycles. The molecule has 1 aromatic rings. The average molecular weight is 230 g/mol. The van der Waals surface area contributed by atoms with Gasteiger partial charge in [-0.3, -0.25) is 10.1 Å². The maximum atomic E-state index is 12.0. The van der Waals surface area contributed by atoms with E-state index < -0.39 is 5.54 Å². The lowest BCUT2D eigenvalue weighted by molar-refractivity contribution is -0.124. The lowest BCUT2D eigenvalue weighted by Gasteiger charge is -2.28. The highest BCUT2D eigenvalue weighted by atomic mass is 16.2. The minimum atomic E-state index is -0.710. The summed E-state index contributed by atoms with van der Waals surface area (Å²) in [6.45, 7) is 0. The van der Waals surface area contributed by atoms with Crippen LogP contribution in [-0.2, 0) is 4.79 Å². The Kier molecular flexibility index (Phi) is 2.18. The van der Waals surface area contributed by atoms with Crippen molar-refractivity contribution in [3.05, 3.63) is 35.9 Å². The van der Waals surface area contributed by atoms with Gasteiger partial charge in [0.2, 0.25) is 0 Å². The summed E-state index contributed by atoms with van der Waals surface area (Å²) in [5.41, 5.74) is 0.417. The molecule has 1 saturated heterocycles. The molecule has 2 atom stereocenters. The highest BCUT2D eigenvalue weighted by Gasteiger charge is 2.54. The molecule has 3 rings (SSSR count). The van der Waals surface area contributed by atoms with E-state index in [-0.39, 0.29) is 17.9 Å². The zero-order valence-electron chi connectivity index (χ0n) is 9.40. The number of rotatable bonds is 1. The molecule has 3 amide bonds. The molecule has 1 heterocycles. The second kappa shape index (κ2) is 3.58. The van der Waals surface area contributed by atoms with E-state index in [1.54, 1.807) is 0 Å². The fraction of sp³-hybridized carbons (Fsp3) is 0.385. The van der Waals surface area contributed by atoms with Gasteiger partial charge in [0, 0.05) is 5.92 Å². The maximum Gasteiger partial charge on any atom is 0.322 e. The van der Waals surface area contributed by atoms with E-state index in [1.807, 2.05) is 30.3 Å². The molecule has 1 aromatic carbocycles. The molecule has 1 spiro atoms. The first-order valence-corrected chi connectivity index (χ1v) is 5.91. The van der Waals surface area contributed by atoms with Crippen LogP contribution < -0.4 is 10.6 Å². The minimum absolute atomic E-state index is 0.0927. The Hall–Kier alpha value is -1.84. The van der Waals surface area contributed by atoms with Gasteiger partial charge in [0.05, 0.1) is 0 Å². The molecule has 0 aromatic heterocycles. The number of urea groups is 1. The monoisotopic (exact) mass is 230 g/mol. The lowest BCUT2D eigenvalue weighted by Crippen LogP contribution is -2.48. The van der Waals surface area contributed by atoms with Gasteiger partial charge < -0.3 is 5.32 Å². The molecular weight excluding hydrogens is 216 g/mol. The van der Waals surface area contributed by atoms with Crippen LogP contribution >= 0.6 is 0 Å². The minimum Gasteiger partial charge on any atom is -0.323 e. The molecular formula is C13H14N2O2. The van der Waals surface area contributed by atoms with E-state index in [2.05, 4.69) is 10.6 Å². The van der Waals surface area contributed by atoms with Crippen molar-refractivity contribution in [2.75, 3.05) is 0 Å². The van der Waals surface area contributed by atoms with Crippen LogP contribution in [0.2, 0.25) is 0 Å². The van der Waals surface area contributed by atoms with E-state index in [0.29, 0.717) is 0 Å². The molecule has 2 aliphatic rings. The van der Waals surface area contributed by atoms with Crippen LogP contribution in [-0.4, -0.2) is 17.5 Å². The van der Waals surface area contributed by atoms with Crippen LogP contribution in [0.4, 0.5) is 4.79 Å². The highest BCUT2D eigenvalue weighted by Crippen LogP contribution is 2.44. The summed E-state index contributed by atoms with van der Waals surface area (Å²) in [5, 5.41) is 5.19. The topological polar surface area (TPSA) is 58.2 Å². The highest BCUT2D eigenvalue weighted by molar-refractivity contribution is 6.07. The predicted molar refractivity (Wildman–Crippen MR) is 62.4 cm³/mol. The summed E-state index contributed by atoms with van der Waals surface area (Å²) in [6, 6.07) is 9.58. The Bertz CT molecular complexity index is 472. The van der Waals surface area contributed by atoms with Crippen LogP contribution in [0.5, 0.6) is 0 Å². The van der Waals surface area contributed by atoms with E-state index in [1.165, 1.54) is 0 Å². The van der Waals surface area contributed by atoms with Crippen molar-refractivity contribution in [1.82, 2.24) is 10.6 Å². The van der Waals surface area contributed by atoms with Crippen molar-refractivity contribution in [1.29, 1.82) is 0 Å². The number of benzene rings is 1. The summed E-state index contributed by atoms with van der Waals surface area (Å²) in [6.07, 6.45) is 2.63. The summed E-state index contributed by atoms with van der Waals surface area (Å²) >= 11 is 0. The molecule has 1 aliphatic carbocycles. The zero-order valence-corrected chi connectivity index (χ0v) is 9.40. The average Bonchev–Trinajstić information content (AvgIpc) is 2.86. The first-order valence-electron chi connectivity index (χ1n) is 5.91. The summed E-state index contributed by atoms with van der Waals surface area (Å²) in [7, 11) is 0. The first-order chi connectivity index (χ1) is 8.22. The Balaban J connectivity index is 2.00. The molecule has 17 heavy (non-hydrogen) atoms. The van der Waals surface area contributed by atoms with Crippen molar-refractivity contribution in [2.45, 2.75) is 30.7 Å². The molecule has 88 valence electrons. The maximum absolute atomic E-state index is 12.0. The zero-order chi connectivity index (χ0) is 11.9. The largest absolute Gasteiger partial charge is 0.323 e. The second-order valence-electron chi connectivity index (χ2n) is 4.74. The number of amides is 3. The van der Waals surface area contributed by atoms with Crippen molar-refractivity contribution in [2.24, 2.45) is 0 Å². The van der Waals surface area contributed by atoms with Gasteiger partial charge in [0.1, 0.15) is 5.54 Å². The third-order valence-electron chi connectivity index (χ3n) is 3.83. The molecule has 4 heteroatoms. The summed E-state index contributed by atoms with van der Waals surface area (Å²) in [4.78, 5) is 23.3. The molecule has 2 N–H and O–H groups in total. The van der Waals surface area contributed by atoms with E-state index in [9.17, 15) is 9.59 Å². The number of carbonyl (C=O) groups is 2. The van der Waals surface area contributed by atoms with E-state index in [0.717, 1.165) is 24.8 Å². The molecule has 0 radical (unpaired) electrons. The molecule has 0 bridgehead atoms. The quantitative estimate of drug-likeness (QED) is 0.719. The Morgan fingerprint density at radius 2 is 1.94 bits per heavy atom. The van der Waals surface area contributed by atoms with Crippen LogP contribution in [0.3, 0.4) is 0 Å². The third kappa shape index (κ3) is 1.44. The van der Waals surface area contributed by atoms with Crippen LogP contribution in [0.25, 0.3) is 0 Å². The van der Waals surface area contributed by atoms with Crippen molar-refractivity contribution >= 4 is 11.9 Å². The van der Waals surface area contributed by atoms with Gasteiger partial charge in [-0.2, -0.15) is 0 Å². The number of hydrogen-bond acceptors (Lipinski definition) is 2. The molecule has 4 nitrogen and oxygen atoms in total. The first kappa shape index (κ1) is 10.3. The van der Waals surface area contributed by atoms with Gasteiger partial charge in [-0.1, -0.05) is 30.3 Å². The van der Waals surface area contributed by atoms with Crippen LogP contribution in [0.15, 0.2) is 30.3 Å². The Morgan fingerprint density at radius 3 is 2.59 bits per heavy atom. The third-order valence-corrected chi connectivity index (χ3v) is 3.83. The van der Waals surface area contributed by atoms with Gasteiger partial charge in [0.25, 0.3) is 5.91 Å². The van der Waals surface area contributed by atoms with E-state index >= 15 is 0 Å². The SMILES string of the molecule is O=C1NC(=O)[C@]2(CCC[C@@H]2c2ccccc2)N1. The van der Waals surface area contributed by atoms with Crippen LogP contribution in [0, 0.1) is 0 Å². The standard InChI is InChI=1S/C13H14N2O2/c16-11-13(15-12(17)14-11)8-4-7-10(13)9-5-2-1-3-6-9/h1-3,5-6,10H,4,7-8H2,(H2,14,15,16,17)/t10-,13-/m1/s1.